The maximum Gasteiger partial charge on any atom is 0.331 e. The topological polar surface area (TPSA) is 107 Å². The van der Waals surface area contributed by atoms with E-state index in [0.717, 1.165) is 12.7 Å². The largest absolute Gasteiger partial charge is 0.478 e. The minimum atomic E-state index is -1.01. The van der Waals surface area contributed by atoms with Crippen molar-refractivity contribution in [3.05, 3.63) is 47.5 Å². The van der Waals surface area contributed by atoms with Crippen LogP contribution in [0.4, 0.5) is 0 Å². The number of carbonyl (C=O) groups excluding carboxylic acids is 2. The highest BCUT2D eigenvalue weighted by Crippen LogP contribution is 2.34. The molecule has 192 valence electrons. The van der Waals surface area contributed by atoms with Gasteiger partial charge in [0.05, 0.1) is 6.04 Å². The van der Waals surface area contributed by atoms with E-state index in [2.05, 4.69) is 19.2 Å². The number of nitrogens with one attached hydrogen (secondary N) is 1. The van der Waals surface area contributed by atoms with Gasteiger partial charge in [-0.3, -0.25) is 9.59 Å². The van der Waals surface area contributed by atoms with Gasteiger partial charge in [0.25, 0.3) is 0 Å². The molecule has 3 atom stereocenters. The summed E-state index contributed by atoms with van der Waals surface area (Å²) in [7, 11) is 2.67. The minimum Gasteiger partial charge on any atom is -0.478 e. The van der Waals surface area contributed by atoms with Crippen LogP contribution in [0, 0.1) is 11.8 Å². The fourth-order valence-corrected chi connectivity index (χ4v) is 4.17. The van der Waals surface area contributed by atoms with Crippen molar-refractivity contribution in [2.75, 3.05) is 14.2 Å². The Morgan fingerprint density at radius 3 is 2.00 bits per heavy atom. The summed E-state index contributed by atoms with van der Waals surface area (Å²) in [4.78, 5) is 39.4. The number of carbonyl (C=O) groups is 3. The van der Waals surface area contributed by atoms with Gasteiger partial charge in [-0.15, -0.1) is 0 Å². The molecule has 0 aliphatic carbocycles. The molecular weight excluding hydrogens is 432 g/mol. The van der Waals surface area contributed by atoms with Crippen molar-refractivity contribution in [1.82, 2.24) is 10.2 Å². The molecule has 1 unspecified atom stereocenters. The number of aliphatic hydroxyl groups is 1. The second-order valence-corrected chi connectivity index (χ2v) is 9.36. The number of carboxylic acids is 1. The summed E-state index contributed by atoms with van der Waals surface area (Å²) >= 11 is 0. The van der Waals surface area contributed by atoms with Crippen LogP contribution >= 0.6 is 0 Å². The van der Waals surface area contributed by atoms with E-state index in [0.29, 0.717) is 12.8 Å². The van der Waals surface area contributed by atoms with E-state index in [9.17, 15) is 19.5 Å². The Bertz CT molecular complexity index is 818. The van der Waals surface area contributed by atoms with Crippen LogP contribution in [0.2, 0.25) is 0 Å². The highest BCUT2D eigenvalue weighted by atomic mass is 16.4. The number of rotatable bonds is 11. The average Bonchev–Trinajstić information content (AvgIpc) is 2.81. The maximum atomic E-state index is 13.3. The standard InChI is InChI=1S/C26H40N2O4.CH4O/c1-9-20(26(6,7)19-14-12-11-13-15-19)23(29)27-21(10-2)24(30)28(8)22(17(3)4)16-18(5)25(31)32;1-2/h11-17,20-22H,9-10H2,1-8H3,(H,27,29)(H,31,32);2H,1H3/b18-16+;/t20-,21?,22-;/m1./s1. The number of likely N-dealkylation sites (N-methyl/N-ethyl adjacent to an activating group) is 1. The van der Waals surface area contributed by atoms with Gasteiger partial charge >= 0.3 is 5.97 Å². The molecule has 0 aliphatic heterocycles. The van der Waals surface area contributed by atoms with E-state index in [-0.39, 0.29) is 35.3 Å². The SMILES string of the molecule is CCC(NC(=O)[C@@H](CC)C(C)(C)c1ccccc1)C(=O)N(C)[C@H](/C=C(\C)C(=O)O)C(C)C.CO. The Hall–Kier alpha value is -2.67. The Kier molecular flexibility index (Phi) is 13.4. The van der Waals surface area contributed by atoms with Gasteiger partial charge in [-0.05, 0) is 31.2 Å². The molecule has 3 N–H and O–H groups in total. The molecule has 1 aromatic rings. The first-order valence-electron chi connectivity index (χ1n) is 11.9. The summed E-state index contributed by atoms with van der Waals surface area (Å²) in [6.45, 7) is 13.4. The fourth-order valence-electron chi connectivity index (χ4n) is 4.17. The van der Waals surface area contributed by atoms with E-state index in [4.69, 9.17) is 5.11 Å². The Balaban J connectivity index is 0.00000529. The zero-order valence-corrected chi connectivity index (χ0v) is 22.3. The quantitative estimate of drug-likeness (QED) is 0.418. The van der Waals surface area contributed by atoms with Gasteiger partial charge in [0.2, 0.25) is 11.8 Å². The van der Waals surface area contributed by atoms with Gasteiger partial charge in [0.1, 0.15) is 6.04 Å². The summed E-state index contributed by atoms with van der Waals surface area (Å²) in [5.41, 5.74) is 0.874. The summed E-state index contributed by atoms with van der Waals surface area (Å²) in [5.74, 6) is -1.65. The van der Waals surface area contributed by atoms with E-state index < -0.39 is 17.4 Å². The van der Waals surface area contributed by atoms with E-state index in [1.165, 1.54) is 6.92 Å². The van der Waals surface area contributed by atoms with Crippen molar-refractivity contribution in [3.63, 3.8) is 0 Å². The fraction of sp³-hybridized carbons (Fsp3) is 0.593. The molecule has 1 rings (SSSR count). The second kappa shape index (κ2) is 14.6. The molecule has 7 nitrogen and oxygen atoms in total. The number of hydrogen-bond acceptors (Lipinski definition) is 4. The Labute approximate surface area is 205 Å². The molecule has 1 aromatic carbocycles. The molecular formula is C27H44N2O5. The third-order valence-corrected chi connectivity index (χ3v) is 6.37. The van der Waals surface area contributed by atoms with Gasteiger partial charge in [0, 0.05) is 31.1 Å². The van der Waals surface area contributed by atoms with Crippen LogP contribution in [-0.2, 0) is 19.8 Å². The van der Waals surface area contributed by atoms with Gasteiger partial charge in [-0.25, -0.2) is 4.79 Å². The molecule has 2 amide bonds. The van der Waals surface area contributed by atoms with Crippen molar-refractivity contribution in [1.29, 1.82) is 0 Å². The lowest BCUT2D eigenvalue weighted by atomic mass is 9.71. The highest BCUT2D eigenvalue weighted by Gasteiger charge is 2.37. The van der Waals surface area contributed by atoms with Crippen LogP contribution in [0.5, 0.6) is 0 Å². The van der Waals surface area contributed by atoms with Crippen LogP contribution in [0.3, 0.4) is 0 Å². The first-order valence-corrected chi connectivity index (χ1v) is 11.9. The molecule has 0 saturated carbocycles. The van der Waals surface area contributed by atoms with Crippen molar-refractivity contribution in [2.45, 2.75) is 78.8 Å². The molecule has 0 aromatic heterocycles. The molecule has 0 bridgehead atoms. The van der Waals surface area contributed by atoms with Crippen LogP contribution in [0.25, 0.3) is 0 Å². The van der Waals surface area contributed by atoms with Crippen LogP contribution in [0.15, 0.2) is 42.0 Å². The predicted octanol–water partition coefficient (Wildman–Crippen LogP) is 4.01. The number of aliphatic carboxylic acids is 1. The number of nitrogens with zero attached hydrogens (tertiary/aromatic N) is 1. The van der Waals surface area contributed by atoms with Gasteiger partial charge < -0.3 is 20.4 Å². The first-order chi connectivity index (χ1) is 15.9. The summed E-state index contributed by atoms with van der Waals surface area (Å²) in [5, 5.41) is 19.2. The van der Waals surface area contributed by atoms with Gasteiger partial charge in [0.15, 0.2) is 0 Å². The average molecular weight is 477 g/mol. The van der Waals surface area contributed by atoms with Crippen LogP contribution in [-0.4, -0.2) is 59.1 Å². The molecule has 0 aliphatic rings. The Morgan fingerprint density at radius 2 is 1.59 bits per heavy atom. The van der Waals surface area contributed by atoms with E-state index >= 15 is 0 Å². The third-order valence-electron chi connectivity index (χ3n) is 6.37. The maximum absolute atomic E-state index is 13.3. The van der Waals surface area contributed by atoms with Crippen molar-refractivity contribution < 1.29 is 24.6 Å². The molecule has 0 heterocycles. The number of aliphatic hydroxyl groups excluding tert-OH is 1. The van der Waals surface area contributed by atoms with Crippen molar-refractivity contribution >= 4 is 17.8 Å². The van der Waals surface area contributed by atoms with E-state index in [1.54, 1.807) is 18.0 Å². The van der Waals surface area contributed by atoms with Crippen molar-refractivity contribution in [3.8, 4) is 0 Å². The zero-order chi connectivity index (χ0) is 26.6. The lowest BCUT2D eigenvalue weighted by Crippen LogP contribution is -2.53. The number of benzene rings is 1. The number of carboxylic acid groups (broad SMARTS) is 1. The zero-order valence-electron chi connectivity index (χ0n) is 22.3. The summed E-state index contributed by atoms with van der Waals surface area (Å²) < 4.78 is 0. The first kappa shape index (κ1) is 31.3. The monoisotopic (exact) mass is 476 g/mol. The lowest BCUT2D eigenvalue weighted by Gasteiger charge is -2.36. The molecule has 7 heteroatoms. The lowest BCUT2D eigenvalue weighted by molar-refractivity contribution is -0.138. The normalized spacial score (nSPS) is 14.4. The van der Waals surface area contributed by atoms with Gasteiger partial charge in [-0.2, -0.15) is 0 Å². The Morgan fingerprint density at radius 1 is 1.06 bits per heavy atom. The molecule has 0 radical (unpaired) electrons. The highest BCUT2D eigenvalue weighted by molar-refractivity contribution is 5.90. The number of hydrogen-bond donors (Lipinski definition) is 3. The minimum absolute atomic E-state index is 0.0202. The predicted molar refractivity (Wildman–Crippen MR) is 136 cm³/mol. The smallest absolute Gasteiger partial charge is 0.331 e. The number of amides is 2. The molecule has 34 heavy (non-hydrogen) atoms. The summed E-state index contributed by atoms with van der Waals surface area (Å²) in [6.07, 6.45) is 2.69. The summed E-state index contributed by atoms with van der Waals surface area (Å²) in [6, 6.07) is 8.88. The molecule has 0 saturated heterocycles. The molecule has 0 fully saturated rings. The van der Waals surface area contributed by atoms with Crippen molar-refractivity contribution in [2.24, 2.45) is 11.8 Å². The van der Waals surface area contributed by atoms with E-state index in [1.807, 2.05) is 58.0 Å². The van der Waals surface area contributed by atoms with Crippen LogP contribution < -0.4 is 5.32 Å². The third kappa shape index (κ3) is 8.28. The van der Waals surface area contributed by atoms with Crippen LogP contribution in [0.1, 0.15) is 66.9 Å². The second-order valence-electron chi connectivity index (χ2n) is 9.36. The van der Waals surface area contributed by atoms with Gasteiger partial charge in [-0.1, -0.05) is 78.0 Å². The molecule has 0 spiro atoms.